The van der Waals surface area contributed by atoms with Crippen LogP contribution in [0.15, 0.2) is 5.38 Å². The van der Waals surface area contributed by atoms with Gasteiger partial charge in [-0.3, -0.25) is 4.79 Å². The summed E-state index contributed by atoms with van der Waals surface area (Å²) in [6.45, 7) is 11.0. The number of thiazole rings is 1. The van der Waals surface area contributed by atoms with Crippen LogP contribution >= 0.6 is 11.3 Å². The van der Waals surface area contributed by atoms with Crippen LogP contribution in [-0.4, -0.2) is 53.8 Å². The molecule has 0 saturated carbocycles. The molecule has 1 aromatic rings. The fraction of sp³-hybridized carbons (Fsp3) is 0.765. The van der Waals surface area contributed by atoms with Crippen molar-refractivity contribution in [3.63, 3.8) is 0 Å². The maximum atomic E-state index is 12.9. The van der Waals surface area contributed by atoms with Gasteiger partial charge in [-0.25, -0.2) is 4.98 Å². The Morgan fingerprint density at radius 1 is 1.52 bits per heavy atom. The molecular formula is C17H26N2O3S. The van der Waals surface area contributed by atoms with Crippen LogP contribution < -0.4 is 0 Å². The molecule has 0 aromatic carbocycles. The van der Waals surface area contributed by atoms with Gasteiger partial charge in [0.25, 0.3) is 5.91 Å². The summed E-state index contributed by atoms with van der Waals surface area (Å²) in [5.41, 5.74) is 0.212. The minimum Gasteiger partial charge on any atom is -0.378 e. The molecule has 0 aliphatic carbocycles. The second-order valence-electron chi connectivity index (χ2n) is 7.61. The highest BCUT2D eigenvalue weighted by molar-refractivity contribution is 7.10. The molecule has 3 rings (SSSR count). The van der Waals surface area contributed by atoms with Gasteiger partial charge in [-0.1, -0.05) is 27.7 Å². The molecule has 5 nitrogen and oxygen atoms in total. The zero-order valence-corrected chi connectivity index (χ0v) is 15.2. The molecule has 6 heteroatoms. The maximum Gasteiger partial charge on any atom is 0.273 e. The number of morpholine rings is 1. The van der Waals surface area contributed by atoms with Gasteiger partial charge in [0.05, 0.1) is 24.3 Å². The van der Waals surface area contributed by atoms with Gasteiger partial charge in [0.1, 0.15) is 11.3 Å². The number of amides is 1. The summed E-state index contributed by atoms with van der Waals surface area (Å²) in [5.74, 6) is 0.0183. The van der Waals surface area contributed by atoms with Crippen LogP contribution in [0.2, 0.25) is 0 Å². The molecule has 1 amide bonds. The number of carbonyl (C=O) groups excluding carboxylic acids is 1. The summed E-state index contributed by atoms with van der Waals surface area (Å²) in [4.78, 5) is 19.4. The van der Waals surface area contributed by atoms with Gasteiger partial charge >= 0.3 is 0 Å². The zero-order chi connectivity index (χ0) is 16.7. The highest BCUT2D eigenvalue weighted by Gasteiger charge is 2.45. The average Bonchev–Trinajstić information content (AvgIpc) is 3.15. The Labute approximate surface area is 142 Å². The van der Waals surface area contributed by atoms with Crippen LogP contribution in [0.3, 0.4) is 0 Å². The van der Waals surface area contributed by atoms with E-state index in [0.29, 0.717) is 32.0 Å². The van der Waals surface area contributed by atoms with Gasteiger partial charge in [0, 0.05) is 30.4 Å². The van der Waals surface area contributed by atoms with E-state index in [1.807, 2.05) is 10.3 Å². The summed E-state index contributed by atoms with van der Waals surface area (Å²) in [5, 5.41) is 2.89. The van der Waals surface area contributed by atoms with Crippen LogP contribution in [0.5, 0.6) is 0 Å². The minimum absolute atomic E-state index is 0.0183. The van der Waals surface area contributed by atoms with E-state index in [2.05, 4.69) is 32.7 Å². The van der Waals surface area contributed by atoms with Crippen molar-refractivity contribution in [1.29, 1.82) is 0 Å². The molecule has 3 heterocycles. The Balaban J connectivity index is 1.79. The van der Waals surface area contributed by atoms with E-state index < -0.39 is 0 Å². The quantitative estimate of drug-likeness (QED) is 0.832. The van der Waals surface area contributed by atoms with Gasteiger partial charge in [-0.05, 0) is 6.42 Å². The van der Waals surface area contributed by atoms with Crippen molar-refractivity contribution >= 4 is 17.2 Å². The van der Waals surface area contributed by atoms with Gasteiger partial charge < -0.3 is 14.4 Å². The Hall–Kier alpha value is -0.980. The summed E-state index contributed by atoms with van der Waals surface area (Å²) in [6.07, 6.45) is 1.84. The summed E-state index contributed by atoms with van der Waals surface area (Å²) >= 11 is 1.56. The van der Waals surface area contributed by atoms with E-state index in [1.54, 1.807) is 11.3 Å². The van der Waals surface area contributed by atoms with Crippen LogP contribution in [0.4, 0.5) is 0 Å². The molecule has 2 aliphatic rings. The molecule has 2 unspecified atom stereocenters. The first-order chi connectivity index (χ1) is 10.8. The average molecular weight is 338 g/mol. The lowest BCUT2D eigenvalue weighted by atomic mass is 9.98. The van der Waals surface area contributed by atoms with Crippen LogP contribution in [-0.2, 0) is 14.9 Å². The molecule has 23 heavy (non-hydrogen) atoms. The van der Waals surface area contributed by atoms with Crippen molar-refractivity contribution in [2.45, 2.75) is 57.7 Å². The summed E-state index contributed by atoms with van der Waals surface area (Å²) < 4.78 is 11.8. The third kappa shape index (κ3) is 3.44. The van der Waals surface area contributed by atoms with Crippen molar-refractivity contribution in [1.82, 2.24) is 9.88 Å². The lowest BCUT2D eigenvalue weighted by Crippen LogP contribution is -2.57. The van der Waals surface area contributed by atoms with Gasteiger partial charge in [0.15, 0.2) is 0 Å². The number of nitrogens with zero attached hydrogens (tertiary/aromatic N) is 2. The van der Waals surface area contributed by atoms with Crippen LogP contribution in [0.25, 0.3) is 0 Å². The van der Waals surface area contributed by atoms with Crippen LogP contribution in [0.1, 0.15) is 56.0 Å². The van der Waals surface area contributed by atoms with Gasteiger partial charge in [0.2, 0.25) is 0 Å². The van der Waals surface area contributed by atoms with E-state index in [4.69, 9.17) is 9.47 Å². The van der Waals surface area contributed by atoms with E-state index in [-0.39, 0.29) is 23.0 Å². The fourth-order valence-corrected chi connectivity index (χ4v) is 4.02. The molecule has 0 radical (unpaired) electrons. The normalized spacial score (nSPS) is 28.5. The first kappa shape index (κ1) is 16.9. The second kappa shape index (κ2) is 6.15. The number of carbonyl (C=O) groups is 1. The summed E-state index contributed by atoms with van der Waals surface area (Å²) in [6, 6.07) is 0. The second-order valence-corrected chi connectivity index (χ2v) is 8.47. The first-order valence-electron chi connectivity index (χ1n) is 8.34. The lowest BCUT2D eigenvalue weighted by Gasteiger charge is -2.43. The van der Waals surface area contributed by atoms with Crippen molar-refractivity contribution in [2.24, 2.45) is 0 Å². The molecule has 0 bridgehead atoms. The molecule has 0 N–H and O–H groups in total. The fourth-order valence-electron chi connectivity index (χ4n) is 3.14. The Morgan fingerprint density at radius 3 is 2.87 bits per heavy atom. The maximum absolute atomic E-state index is 12.9. The van der Waals surface area contributed by atoms with Crippen molar-refractivity contribution in [3.05, 3.63) is 16.1 Å². The number of hydrogen-bond acceptors (Lipinski definition) is 5. The van der Waals surface area contributed by atoms with E-state index in [9.17, 15) is 4.79 Å². The smallest absolute Gasteiger partial charge is 0.273 e. The Morgan fingerprint density at radius 2 is 2.30 bits per heavy atom. The predicted molar refractivity (Wildman–Crippen MR) is 90.0 cm³/mol. The third-order valence-electron chi connectivity index (χ3n) is 4.49. The van der Waals surface area contributed by atoms with E-state index in [0.717, 1.165) is 17.8 Å². The van der Waals surface area contributed by atoms with Gasteiger partial charge in [-0.2, -0.15) is 0 Å². The zero-order valence-electron chi connectivity index (χ0n) is 14.4. The molecular weight excluding hydrogens is 312 g/mol. The number of hydrogen-bond donors (Lipinski definition) is 0. The lowest BCUT2D eigenvalue weighted by molar-refractivity contribution is -0.145. The van der Waals surface area contributed by atoms with Crippen LogP contribution in [0, 0.1) is 0 Å². The van der Waals surface area contributed by atoms with Crippen molar-refractivity contribution in [2.75, 3.05) is 26.3 Å². The topological polar surface area (TPSA) is 51.7 Å². The minimum atomic E-state index is -0.322. The van der Waals surface area contributed by atoms with Gasteiger partial charge in [-0.15, -0.1) is 11.3 Å². The number of aromatic nitrogens is 1. The van der Waals surface area contributed by atoms with Crippen molar-refractivity contribution < 1.29 is 14.3 Å². The molecule has 128 valence electrons. The molecule has 2 saturated heterocycles. The predicted octanol–water partition coefficient (Wildman–Crippen LogP) is 2.85. The highest BCUT2D eigenvalue weighted by Crippen LogP contribution is 2.32. The standard InChI is InChI=1S/C17H26N2O3S/c1-5-12-8-19(10-17(22-12)6-7-21-11-17)14(20)13-9-23-15(18-13)16(2,3)4/h9,12H,5-8,10-11H2,1-4H3. The summed E-state index contributed by atoms with van der Waals surface area (Å²) in [7, 11) is 0. The Bertz CT molecular complexity index is 573. The molecule has 2 fully saturated rings. The third-order valence-corrected chi connectivity index (χ3v) is 5.76. The van der Waals surface area contributed by atoms with E-state index >= 15 is 0 Å². The SMILES string of the molecule is CCC1CN(C(=O)c2csc(C(C)(C)C)n2)CC2(CCOC2)O1. The number of rotatable bonds is 2. The monoisotopic (exact) mass is 338 g/mol. The number of ether oxygens (including phenoxy) is 2. The first-order valence-corrected chi connectivity index (χ1v) is 9.22. The largest absolute Gasteiger partial charge is 0.378 e. The molecule has 2 aliphatic heterocycles. The van der Waals surface area contributed by atoms with E-state index in [1.165, 1.54) is 0 Å². The Kier molecular flexibility index (Phi) is 4.51. The molecule has 1 spiro atoms. The van der Waals surface area contributed by atoms with Crippen molar-refractivity contribution in [3.8, 4) is 0 Å². The molecule has 2 atom stereocenters. The highest BCUT2D eigenvalue weighted by atomic mass is 32.1. The molecule has 1 aromatic heterocycles.